The van der Waals surface area contributed by atoms with E-state index in [2.05, 4.69) is 132 Å². The molecule has 188 valence electrons. The van der Waals surface area contributed by atoms with Gasteiger partial charge in [0.2, 0.25) is 0 Å². The molecule has 1 heteroatoms. The largest absolute Gasteiger partial charge is 0.248 e. The summed E-state index contributed by atoms with van der Waals surface area (Å²) >= 11 is 0. The van der Waals surface area contributed by atoms with Crippen molar-refractivity contribution < 1.29 is 0 Å². The third kappa shape index (κ3) is 3.11. The first-order valence-electron chi connectivity index (χ1n) is 14.0. The number of pyridine rings is 1. The SMILES string of the molecule is CC(C)(C)c1cc2ccc3cc4c(c5ccc(c1)c2c35)-c1ccc(-c2ccc3ccccc3n2)cc1C4(C)C. The topological polar surface area (TPSA) is 12.9 Å². The molecule has 0 aliphatic heterocycles. The standard InChI is InChI=1S/C38H31N/c1-37(2,3)27-18-24-10-11-26-21-31-36(29-16-13-25(19-27)34(24)35(26)29)28-15-12-23(20-30(28)38(31,4)5)33-17-14-22-8-6-7-9-32(22)39-33/h6-21H,1-5H3. The zero-order valence-electron chi connectivity index (χ0n) is 23.2. The van der Waals surface area contributed by atoms with Crippen LogP contribution in [0, 0.1) is 0 Å². The van der Waals surface area contributed by atoms with Crippen LogP contribution in [0.15, 0.2) is 97.1 Å². The van der Waals surface area contributed by atoms with E-state index in [0.717, 1.165) is 11.2 Å². The van der Waals surface area contributed by atoms with Crippen molar-refractivity contribution in [3.8, 4) is 22.4 Å². The monoisotopic (exact) mass is 501 g/mol. The van der Waals surface area contributed by atoms with E-state index in [4.69, 9.17) is 4.98 Å². The molecular formula is C38H31N. The van der Waals surface area contributed by atoms with Crippen molar-refractivity contribution in [3.63, 3.8) is 0 Å². The lowest BCUT2D eigenvalue weighted by atomic mass is 9.79. The summed E-state index contributed by atoms with van der Waals surface area (Å²) in [6.07, 6.45) is 0. The van der Waals surface area contributed by atoms with Gasteiger partial charge in [-0.25, -0.2) is 4.98 Å². The molecule has 1 aliphatic carbocycles. The maximum absolute atomic E-state index is 5.00. The van der Waals surface area contributed by atoms with Gasteiger partial charge < -0.3 is 0 Å². The number of hydrogen-bond donors (Lipinski definition) is 0. The zero-order chi connectivity index (χ0) is 26.7. The Morgan fingerprint density at radius 3 is 2.08 bits per heavy atom. The molecule has 1 heterocycles. The van der Waals surface area contributed by atoms with Crippen LogP contribution in [-0.4, -0.2) is 4.98 Å². The van der Waals surface area contributed by atoms with Gasteiger partial charge in [0.15, 0.2) is 0 Å². The first-order chi connectivity index (χ1) is 18.7. The summed E-state index contributed by atoms with van der Waals surface area (Å²) in [5.41, 5.74) is 10.2. The van der Waals surface area contributed by atoms with Crippen molar-refractivity contribution in [2.75, 3.05) is 0 Å². The van der Waals surface area contributed by atoms with Crippen molar-refractivity contribution in [3.05, 3.63) is 114 Å². The Kier molecular flexibility index (Phi) is 4.34. The molecule has 6 aromatic carbocycles. The van der Waals surface area contributed by atoms with E-state index in [0.29, 0.717) is 0 Å². The maximum atomic E-state index is 5.00. The van der Waals surface area contributed by atoms with Crippen molar-refractivity contribution in [1.29, 1.82) is 0 Å². The van der Waals surface area contributed by atoms with E-state index in [1.54, 1.807) is 0 Å². The van der Waals surface area contributed by atoms with Crippen LogP contribution in [0.4, 0.5) is 0 Å². The maximum Gasteiger partial charge on any atom is 0.0709 e. The summed E-state index contributed by atoms with van der Waals surface area (Å²) < 4.78 is 0. The second-order valence-electron chi connectivity index (χ2n) is 12.9. The molecule has 7 aromatic rings. The van der Waals surface area contributed by atoms with Crippen LogP contribution >= 0.6 is 0 Å². The summed E-state index contributed by atoms with van der Waals surface area (Å²) in [5, 5.41) is 9.35. The van der Waals surface area contributed by atoms with E-state index in [1.807, 2.05) is 0 Å². The second kappa shape index (κ2) is 7.45. The summed E-state index contributed by atoms with van der Waals surface area (Å²) in [7, 11) is 0. The Labute approximate surface area is 229 Å². The summed E-state index contributed by atoms with van der Waals surface area (Å²) in [4.78, 5) is 5.00. The number of rotatable bonds is 1. The van der Waals surface area contributed by atoms with Gasteiger partial charge in [-0.05, 0) is 89.8 Å². The van der Waals surface area contributed by atoms with Gasteiger partial charge in [-0.3, -0.25) is 0 Å². The summed E-state index contributed by atoms with van der Waals surface area (Å²) in [6, 6.07) is 36.3. The van der Waals surface area contributed by atoms with Gasteiger partial charge in [0.25, 0.3) is 0 Å². The minimum absolute atomic E-state index is 0.0959. The molecule has 0 saturated carbocycles. The highest BCUT2D eigenvalue weighted by Crippen LogP contribution is 2.54. The van der Waals surface area contributed by atoms with E-state index in [1.165, 1.54) is 71.1 Å². The van der Waals surface area contributed by atoms with Crippen LogP contribution in [0.3, 0.4) is 0 Å². The second-order valence-corrected chi connectivity index (χ2v) is 12.9. The Balaban J connectivity index is 1.38. The van der Waals surface area contributed by atoms with Gasteiger partial charge in [0.1, 0.15) is 0 Å². The number of benzene rings is 6. The van der Waals surface area contributed by atoms with Gasteiger partial charge in [0.05, 0.1) is 11.2 Å². The molecule has 0 spiro atoms. The summed E-state index contributed by atoms with van der Waals surface area (Å²) in [5.74, 6) is 0. The number of nitrogens with zero attached hydrogens (tertiary/aromatic N) is 1. The minimum atomic E-state index is -0.0959. The molecule has 0 unspecified atom stereocenters. The molecular weight excluding hydrogens is 470 g/mol. The summed E-state index contributed by atoms with van der Waals surface area (Å²) in [6.45, 7) is 11.7. The van der Waals surface area contributed by atoms with E-state index in [9.17, 15) is 0 Å². The Morgan fingerprint density at radius 1 is 0.615 bits per heavy atom. The number of hydrogen-bond acceptors (Lipinski definition) is 1. The zero-order valence-corrected chi connectivity index (χ0v) is 23.2. The number of aromatic nitrogens is 1. The third-order valence-corrected chi connectivity index (χ3v) is 9.11. The molecule has 0 bridgehead atoms. The smallest absolute Gasteiger partial charge is 0.0709 e. The number of fused-ring (bicyclic) bond motifs is 5. The highest BCUT2D eigenvalue weighted by Gasteiger charge is 2.37. The number of para-hydroxylation sites is 1. The van der Waals surface area contributed by atoms with E-state index < -0.39 is 0 Å². The molecule has 1 aromatic heterocycles. The quantitative estimate of drug-likeness (QED) is 0.204. The van der Waals surface area contributed by atoms with Crippen molar-refractivity contribution in [2.24, 2.45) is 0 Å². The highest BCUT2D eigenvalue weighted by atomic mass is 14.7. The normalized spacial score (nSPS) is 14.5. The average molecular weight is 502 g/mol. The van der Waals surface area contributed by atoms with Gasteiger partial charge >= 0.3 is 0 Å². The molecule has 0 fully saturated rings. The Morgan fingerprint density at radius 2 is 1.31 bits per heavy atom. The molecule has 0 saturated heterocycles. The molecule has 39 heavy (non-hydrogen) atoms. The molecule has 0 amide bonds. The average Bonchev–Trinajstić information content (AvgIpc) is 3.16. The van der Waals surface area contributed by atoms with E-state index in [-0.39, 0.29) is 10.8 Å². The fraction of sp³-hybridized carbons (Fsp3) is 0.184. The van der Waals surface area contributed by atoms with Crippen molar-refractivity contribution >= 4 is 43.2 Å². The predicted molar refractivity (Wildman–Crippen MR) is 167 cm³/mol. The minimum Gasteiger partial charge on any atom is -0.248 e. The highest BCUT2D eigenvalue weighted by molar-refractivity contribution is 6.26. The Hall–Kier alpha value is -4.23. The van der Waals surface area contributed by atoms with Crippen LogP contribution in [-0.2, 0) is 10.8 Å². The molecule has 0 radical (unpaired) electrons. The lowest BCUT2D eigenvalue weighted by Gasteiger charge is -2.24. The van der Waals surface area contributed by atoms with Crippen molar-refractivity contribution in [1.82, 2.24) is 4.98 Å². The van der Waals surface area contributed by atoms with Gasteiger partial charge in [-0.2, -0.15) is 0 Å². The third-order valence-electron chi connectivity index (χ3n) is 9.11. The van der Waals surface area contributed by atoms with Gasteiger partial charge in [-0.15, -0.1) is 0 Å². The first kappa shape index (κ1) is 22.7. The van der Waals surface area contributed by atoms with Crippen LogP contribution in [0.25, 0.3) is 65.6 Å². The van der Waals surface area contributed by atoms with Gasteiger partial charge in [-0.1, -0.05) is 107 Å². The molecule has 8 rings (SSSR count). The molecule has 0 atom stereocenters. The van der Waals surface area contributed by atoms with Gasteiger partial charge in [0, 0.05) is 16.4 Å². The molecule has 1 nitrogen and oxygen atoms in total. The van der Waals surface area contributed by atoms with Crippen LogP contribution in [0.5, 0.6) is 0 Å². The van der Waals surface area contributed by atoms with Crippen LogP contribution < -0.4 is 0 Å². The molecule has 1 aliphatic rings. The Bertz CT molecular complexity index is 2100. The predicted octanol–water partition coefficient (Wildman–Crippen LogP) is 10.4. The first-order valence-corrected chi connectivity index (χ1v) is 14.0. The fourth-order valence-corrected chi connectivity index (χ4v) is 6.92. The molecule has 0 N–H and O–H groups in total. The van der Waals surface area contributed by atoms with Crippen molar-refractivity contribution in [2.45, 2.75) is 45.4 Å². The lowest BCUT2D eigenvalue weighted by Crippen LogP contribution is -2.15. The lowest BCUT2D eigenvalue weighted by molar-refractivity contribution is 0.591. The fourth-order valence-electron chi connectivity index (χ4n) is 6.92. The van der Waals surface area contributed by atoms with E-state index >= 15 is 0 Å². The van der Waals surface area contributed by atoms with Crippen LogP contribution in [0.2, 0.25) is 0 Å². The van der Waals surface area contributed by atoms with Crippen LogP contribution in [0.1, 0.15) is 51.3 Å².